The Kier molecular flexibility index (Phi) is 4.44. The molecule has 0 heterocycles. The largest absolute Gasteiger partial charge is 0.394 e. The average molecular weight is 282 g/mol. The fourth-order valence-electron chi connectivity index (χ4n) is 0.958. The van der Waals surface area contributed by atoms with Crippen molar-refractivity contribution in [2.45, 2.75) is 6.10 Å². The van der Waals surface area contributed by atoms with Gasteiger partial charge < -0.3 is 15.5 Å². The topological polar surface area (TPSA) is 52.5 Å². The first-order valence-electron chi connectivity index (χ1n) is 4.22. The monoisotopic (exact) mass is 281 g/mol. The predicted molar refractivity (Wildman–Crippen MR) is 55.6 cm³/mol. The van der Waals surface area contributed by atoms with Gasteiger partial charge in [0, 0.05) is 12.2 Å². The summed E-state index contributed by atoms with van der Waals surface area (Å²) in [6.07, 6.45) is -0.959. The van der Waals surface area contributed by atoms with Crippen molar-refractivity contribution < 1.29 is 19.0 Å². The molecular weight excluding hydrogens is 272 g/mol. The van der Waals surface area contributed by atoms with Crippen LogP contribution < -0.4 is 5.32 Å². The summed E-state index contributed by atoms with van der Waals surface area (Å²) < 4.78 is 25.8. The van der Waals surface area contributed by atoms with Gasteiger partial charge in [0.2, 0.25) is 0 Å². The van der Waals surface area contributed by atoms with Crippen LogP contribution in [0.1, 0.15) is 0 Å². The molecule has 1 atom stereocenters. The summed E-state index contributed by atoms with van der Waals surface area (Å²) in [5.41, 5.74) is 0.209. The zero-order valence-electron chi connectivity index (χ0n) is 7.67. The van der Waals surface area contributed by atoms with E-state index in [9.17, 15) is 8.78 Å². The molecule has 3 N–H and O–H groups in total. The van der Waals surface area contributed by atoms with E-state index in [1.165, 1.54) is 0 Å². The Bertz CT molecular complexity index is 326. The van der Waals surface area contributed by atoms with E-state index in [0.29, 0.717) is 0 Å². The van der Waals surface area contributed by atoms with Gasteiger partial charge >= 0.3 is 0 Å². The van der Waals surface area contributed by atoms with E-state index in [4.69, 9.17) is 10.2 Å². The van der Waals surface area contributed by atoms with Gasteiger partial charge in [-0.3, -0.25) is 0 Å². The van der Waals surface area contributed by atoms with Crippen molar-refractivity contribution >= 4 is 21.6 Å². The molecule has 6 heteroatoms. The van der Waals surface area contributed by atoms with Crippen molar-refractivity contribution in [3.05, 3.63) is 28.2 Å². The highest BCUT2D eigenvalue weighted by molar-refractivity contribution is 9.10. The number of benzene rings is 1. The smallest absolute Gasteiger partial charge is 0.142 e. The minimum Gasteiger partial charge on any atom is -0.394 e. The second-order valence-electron chi connectivity index (χ2n) is 2.97. The number of aliphatic hydroxyl groups is 2. The van der Waals surface area contributed by atoms with Gasteiger partial charge in [-0.2, -0.15) is 0 Å². The first-order valence-corrected chi connectivity index (χ1v) is 5.01. The molecule has 0 amide bonds. The lowest BCUT2D eigenvalue weighted by atomic mass is 10.3. The highest BCUT2D eigenvalue weighted by Crippen LogP contribution is 2.23. The van der Waals surface area contributed by atoms with Crippen LogP contribution in [0.5, 0.6) is 0 Å². The van der Waals surface area contributed by atoms with Crippen molar-refractivity contribution in [2.24, 2.45) is 0 Å². The maximum absolute atomic E-state index is 13.0. The summed E-state index contributed by atoms with van der Waals surface area (Å²) in [7, 11) is 0. The molecule has 0 aliphatic carbocycles. The van der Waals surface area contributed by atoms with E-state index in [1.807, 2.05) is 0 Å². The van der Waals surface area contributed by atoms with Gasteiger partial charge in [0.1, 0.15) is 11.6 Å². The van der Waals surface area contributed by atoms with Crippen LogP contribution in [0.2, 0.25) is 0 Å². The van der Waals surface area contributed by atoms with Gasteiger partial charge in [-0.15, -0.1) is 0 Å². The summed E-state index contributed by atoms with van der Waals surface area (Å²) in [5, 5.41) is 20.1. The molecule has 0 aliphatic heterocycles. The van der Waals surface area contributed by atoms with Crippen LogP contribution in [0, 0.1) is 11.6 Å². The third-order valence-electron chi connectivity index (χ3n) is 1.74. The Morgan fingerprint density at radius 2 is 1.87 bits per heavy atom. The highest BCUT2D eigenvalue weighted by Gasteiger charge is 2.09. The van der Waals surface area contributed by atoms with Gasteiger partial charge in [-0.1, -0.05) is 0 Å². The Hall–Kier alpha value is -0.720. The highest BCUT2D eigenvalue weighted by atomic mass is 79.9. The molecule has 3 nitrogen and oxygen atoms in total. The molecular formula is C9H10BrF2NO2. The standard InChI is InChI=1S/C9H10BrF2NO2/c10-9-7(11)1-5(2-8(9)12)13-3-6(15)4-14/h1-2,6,13-15H,3-4H2. The Morgan fingerprint density at radius 1 is 1.33 bits per heavy atom. The van der Waals surface area contributed by atoms with E-state index < -0.39 is 24.3 Å². The van der Waals surface area contributed by atoms with Gasteiger partial charge in [0.25, 0.3) is 0 Å². The number of hydrogen-bond donors (Lipinski definition) is 3. The van der Waals surface area contributed by atoms with E-state index in [2.05, 4.69) is 21.2 Å². The van der Waals surface area contributed by atoms with Crippen molar-refractivity contribution in [2.75, 3.05) is 18.5 Å². The first-order chi connectivity index (χ1) is 7.04. The van der Waals surface area contributed by atoms with Gasteiger partial charge in [0.15, 0.2) is 0 Å². The Balaban J connectivity index is 2.70. The van der Waals surface area contributed by atoms with Crippen molar-refractivity contribution in [1.82, 2.24) is 0 Å². The molecule has 0 fully saturated rings. The van der Waals surface area contributed by atoms with Crippen LogP contribution in [-0.2, 0) is 0 Å². The molecule has 1 rings (SSSR count). The van der Waals surface area contributed by atoms with E-state index >= 15 is 0 Å². The number of hydrogen-bond acceptors (Lipinski definition) is 3. The number of halogens is 3. The minimum atomic E-state index is -0.959. The van der Waals surface area contributed by atoms with Crippen molar-refractivity contribution in [3.63, 3.8) is 0 Å². The fourth-order valence-corrected chi connectivity index (χ4v) is 1.19. The molecule has 1 aromatic rings. The predicted octanol–water partition coefficient (Wildman–Crippen LogP) is 1.49. The first kappa shape index (κ1) is 12.4. The average Bonchev–Trinajstić information content (AvgIpc) is 2.22. The molecule has 0 bridgehead atoms. The lowest BCUT2D eigenvalue weighted by Gasteiger charge is -2.10. The fraction of sp³-hybridized carbons (Fsp3) is 0.333. The second-order valence-corrected chi connectivity index (χ2v) is 3.76. The van der Waals surface area contributed by atoms with Crippen molar-refractivity contribution in [3.8, 4) is 0 Å². The van der Waals surface area contributed by atoms with E-state index in [-0.39, 0.29) is 16.7 Å². The van der Waals surface area contributed by atoms with Crippen molar-refractivity contribution in [1.29, 1.82) is 0 Å². The third kappa shape index (κ3) is 3.40. The van der Waals surface area contributed by atoms with Crippen LogP contribution in [0.3, 0.4) is 0 Å². The Labute approximate surface area is 93.9 Å². The maximum atomic E-state index is 13.0. The molecule has 15 heavy (non-hydrogen) atoms. The number of aliphatic hydroxyl groups excluding tert-OH is 2. The summed E-state index contributed by atoms with van der Waals surface area (Å²) in [5.74, 6) is -1.45. The lowest BCUT2D eigenvalue weighted by molar-refractivity contribution is 0.105. The molecule has 1 aromatic carbocycles. The molecule has 84 valence electrons. The van der Waals surface area contributed by atoms with Gasteiger partial charge in [0.05, 0.1) is 17.2 Å². The lowest BCUT2D eigenvalue weighted by Crippen LogP contribution is -2.23. The van der Waals surface area contributed by atoms with Crippen LogP contribution in [-0.4, -0.2) is 29.5 Å². The SMILES string of the molecule is OCC(O)CNc1cc(F)c(Br)c(F)c1. The molecule has 0 saturated heterocycles. The third-order valence-corrected chi connectivity index (χ3v) is 2.49. The molecule has 0 spiro atoms. The molecule has 1 unspecified atom stereocenters. The van der Waals surface area contributed by atoms with Crippen LogP contribution in [0.15, 0.2) is 16.6 Å². The molecule has 0 saturated carbocycles. The molecule has 0 aliphatic rings. The zero-order valence-corrected chi connectivity index (χ0v) is 9.26. The quantitative estimate of drug-likeness (QED) is 0.733. The second kappa shape index (κ2) is 5.39. The number of anilines is 1. The number of rotatable bonds is 4. The summed E-state index contributed by atoms with van der Waals surface area (Å²) in [6, 6.07) is 2.19. The van der Waals surface area contributed by atoms with Gasteiger partial charge in [-0.05, 0) is 28.1 Å². The maximum Gasteiger partial charge on any atom is 0.142 e. The summed E-state index contributed by atoms with van der Waals surface area (Å²) in [6.45, 7) is -0.383. The van der Waals surface area contributed by atoms with Crippen LogP contribution in [0.4, 0.5) is 14.5 Å². The molecule has 0 aromatic heterocycles. The van der Waals surface area contributed by atoms with Crippen LogP contribution in [0.25, 0.3) is 0 Å². The Morgan fingerprint density at radius 3 is 2.33 bits per heavy atom. The summed E-state index contributed by atoms with van der Waals surface area (Å²) >= 11 is 2.74. The minimum absolute atomic E-state index is 0.0248. The molecule has 0 radical (unpaired) electrons. The van der Waals surface area contributed by atoms with Gasteiger partial charge in [-0.25, -0.2) is 8.78 Å². The summed E-state index contributed by atoms with van der Waals surface area (Å²) in [4.78, 5) is 0. The van der Waals surface area contributed by atoms with E-state index in [1.54, 1.807) is 0 Å². The number of nitrogens with one attached hydrogen (secondary N) is 1. The van der Waals surface area contributed by atoms with Crippen LogP contribution >= 0.6 is 15.9 Å². The zero-order chi connectivity index (χ0) is 11.4. The van der Waals surface area contributed by atoms with E-state index in [0.717, 1.165) is 12.1 Å². The normalized spacial score (nSPS) is 12.6.